The van der Waals surface area contributed by atoms with Gasteiger partial charge < -0.3 is 9.73 Å². The summed E-state index contributed by atoms with van der Waals surface area (Å²) >= 11 is 0. The standard InChI is InChI=1S/C15H24N4O/c1-5-8-16-11(4)15-17-10-14(20-15)13-9-12(6-2)18-19(13)7-3/h9-11,16H,5-8H2,1-4H3. The van der Waals surface area contributed by atoms with Gasteiger partial charge in [-0.1, -0.05) is 13.8 Å². The molecule has 2 aromatic heterocycles. The molecule has 2 aromatic rings. The average Bonchev–Trinajstić information content (AvgIpc) is 3.10. The molecule has 0 aliphatic rings. The number of nitrogens with one attached hydrogen (secondary N) is 1. The molecule has 0 radical (unpaired) electrons. The van der Waals surface area contributed by atoms with Crippen molar-refractivity contribution in [2.45, 2.75) is 53.1 Å². The zero-order valence-electron chi connectivity index (χ0n) is 12.8. The number of rotatable bonds is 7. The van der Waals surface area contributed by atoms with Gasteiger partial charge >= 0.3 is 0 Å². The summed E-state index contributed by atoms with van der Waals surface area (Å²) in [7, 11) is 0. The van der Waals surface area contributed by atoms with Crippen LogP contribution in [0, 0.1) is 0 Å². The lowest BCUT2D eigenvalue weighted by atomic mass is 10.3. The van der Waals surface area contributed by atoms with E-state index < -0.39 is 0 Å². The van der Waals surface area contributed by atoms with Gasteiger partial charge in [-0.15, -0.1) is 0 Å². The van der Waals surface area contributed by atoms with E-state index in [1.807, 2.05) is 4.68 Å². The smallest absolute Gasteiger partial charge is 0.211 e. The van der Waals surface area contributed by atoms with E-state index in [1.54, 1.807) is 6.20 Å². The lowest BCUT2D eigenvalue weighted by Crippen LogP contribution is -2.19. The first-order chi connectivity index (χ1) is 9.69. The van der Waals surface area contributed by atoms with Gasteiger partial charge in [-0.05, 0) is 39.3 Å². The second-order valence-electron chi connectivity index (χ2n) is 4.93. The summed E-state index contributed by atoms with van der Waals surface area (Å²) in [5.74, 6) is 1.52. The Morgan fingerprint density at radius 2 is 2.15 bits per heavy atom. The molecule has 110 valence electrons. The lowest BCUT2D eigenvalue weighted by Gasteiger charge is -2.08. The van der Waals surface area contributed by atoms with Crippen molar-refractivity contribution >= 4 is 0 Å². The van der Waals surface area contributed by atoms with Crippen LogP contribution in [0.3, 0.4) is 0 Å². The van der Waals surface area contributed by atoms with E-state index in [-0.39, 0.29) is 6.04 Å². The maximum Gasteiger partial charge on any atom is 0.211 e. The first-order valence-electron chi connectivity index (χ1n) is 7.45. The average molecular weight is 276 g/mol. The van der Waals surface area contributed by atoms with Crippen molar-refractivity contribution in [1.82, 2.24) is 20.1 Å². The number of hydrogen-bond acceptors (Lipinski definition) is 4. The van der Waals surface area contributed by atoms with E-state index in [4.69, 9.17) is 4.42 Å². The summed E-state index contributed by atoms with van der Waals surface area (Å²) in [6.07, 6.45) is 3.82. The predicted octanol–water partition coefficient (Wildman–Crippen LogP) is 3.18. The number of aryl methyl sites for hydroxylation is 2. The maximum absolute atomic E-state index is 5.89. The molecule has 1 unspecified atom stereocenters. The van der Waals surface area contributed by atoms with E-state index in [0.717, 1.165) is 49.0 Å². The molecule has 0 saturated carbocycles. The topological polar surface area (TPSA) is 55.9 Å². The van der Waals surface area contributed by atoms with Gasteiger partial charge in [-0.3, -0.25) is 4.68 Å². The minimum Gasteiger partial charge on any atom is -0.437 e. The normalized spacial score (nSPS) is 12.8. The first-order valence-corrected chi connectivity index (χ1v) is 7.45. The fourth-order valence-corrected chi connectivity index (χ4v) is 2.14. The van der Waals surface area contributed by atoms with Crippen LogP contribution in [0.5, 0.6) is 0 Å². The molecule has 0 saturated heterocycles. The van der Waals surface area contributed by atoms with Crippen LogP contribution in [0.1, 0.15) is 51.7 Å². The predicted molar refractivity (Wildman–Crippen MR) is 79.5 cm³/mol. The number of hydrogen-bond donors (Lipinski definition) is 1. The van der Waals surface area contributed by atoms with E-state index in [0.29, 0.717) is 0 Å². The number of oxazole rings is 1. The highest BCUT2D eigenvalue weighted by molar-refractivity contribution is 5.52. The largest absolute Gasteiger partial charge is 0.437 e. The third kappa shape index (κ3) is 3.10. The Balaban J connectivity index is 2.21. The van der Waals surface area contributed by atoms with Crippen molar-refractivity contribution in [2.24, 2.45) is 0 Å². The minimum absolute atomic E-state index is 0.132. The molecular formula is C15H24N4O. The molecule has 2 heterocycles. The molecule has 0 fully saturated rings. The third-order valence-corrected chi connectivity index (χ3v) is 3.34. The SMILES string of the molecule is CCCNC(C)c1ncc(-c2cc(CC)nn2CC)o1. The van der Waals surface area contributed by atoms with Gasteiger partial charge in [-0.2, -0.15) is 5.10 Å². The molecule has 20 heavy (non-hydrogen) atoms. The van der Waals surface area contributed by atoms with Crippen molar-refractivity contribution in [3.8, 4) is 11.5 Å². The monoisotopic (exact) mass is 276 g/mol. The van der Waals surface area contributed by atoms with Gasteiger partial charge in [0, 0.05) is 6.54 Å². The van der Waals surface area contributed by atoms with E-state index in [1.165, 1.54) is 0 Å². The van der Waals surface area contributed by atoms with E-state index in [2.05, 4.69) is 49.2 Å². The molecule has 1 atom stereocenters. The minimum atomic E-state index is 0.132. The van der Waals surface area contributed by atoms with Gasteiger partial charge in [0.05, 0.1) is 17.9 Å². The van der Waals surface area contributed by atoms with Crippen LogP contribution in [0.4, 0.5) is 0 Å². The summed E-state index contributed by atoms with van der Waals surface area (Å²) in [6, 6.07) is 2.21. The van der Waals surface area contributed by atoms with Crippen LogP contribution < -0.4 is 5.32 Å². The second kappa shape index (κ2) is 6.70. The number of nitrogens with zero attached hydrogens (tertiary/aromatic N) is 3. The van der Waals surface area contributed by atoms with Gasteiger partial charge in [0.15, 0.2) is 5.76 Å². The van der Waals surface area contributed by atoms with Crippen molar-refractivity contribution in [3.05, 3.63) is 23.8 Å². The van der Waals surface area contributed by atoms with E-state index in [9.17, 15) is 0 Å². The molecule has 0 bridgehead atoms. The second-order valence-corrected chi connectivity index (χ2v) is 4.93. The highest BCUT2D eigenvalue weighted by Gasteiger charge is 2.16. The fourth-order valence-electron chi connectivity index (χ4n) is 2.14. The molecule has 2 rings (SSSR count). The Labute approximate surface area is 120 Å². The van der Waals surface area contributed by atoms with Gasteiger partial charge in [0.1, 0.15) is 5.69 Å². The molecule has 5 heteroatoms. The Morgan fingerprint density at radius 3 is 2.80 bits per heavy atom. The van der Waals surface area contributed by atoms with Crippen LogP contribution >= 0.6 is 0 Å². The molecule has 5 nitrogen and oxygen atoms in total. The Kier molecular flexibility index (Phi) is 4.95. The highest BCUT2D eigenvalue weighted by atomic mass is 16.4. The van der Waals surface area contributed by atoms with Crippen LogP contribution in [-0.2, 0) is 13.0 Å². The van der Waals surface area contributed by atoms with Crippen molar-refractivity contribution < 1.29 is 4.42 Å². The van der Waals surface area contributed by atoms with Crippen LogP contribution in [0.15, 0.2) is 16.7 Å². The Hall–Kier alpha value is -1.62. The zero-order chi connectivity index (χ0) is 14.5. The van der Waals surface area contributed by atoms with Crippen LogP contribution in [0.2, 0.25) is 0 Å². The van der Waals surface area contributed by atoms with Crippen molar-refractivity contribution in [3.63, 3.8) is 0 Å². The summed E-state index contributed by atoms with van der Waals surface area (Å²) in [4.78, 5) is 4.39. The van der Waals surface area contributed by atoms with Crippen molar-refractivity contribution in [1.29, 1.82) is 0 Å². The van der Waals surface area contributed by atoms with Gasteiger partial charge in [0.25, 0.3) is 0 Å². The molecule has 0 aliphatic heterocycles. The first kappa shape index (κ1) is 14.8. The van der Waals surface area contributed by atoms with Crippen molar-refractivity contribution in [2.75, 3.05) is 6.54 Å². The van der Waals surface area contributed by atoms with Crippen LogP contribution in [-0.4, -0.2) is 21.3 Å². The van der Waals surface area contributed by atoms with Gasteiger partial charge in [0.2, 0.25) is 5.89 Å². The Morgan fingerprint density at radius 1 is 1.35 bits per heavy atom. The molecule has 1 N–H and O–H groups in total. The summed E-state index contributed by atoms with van der Waals surface area (Å²) in [5, 5.41) is 7.92. The molecule has 0 amide bonds. The summed E-state index contributed by atoms with van der Waals surface area (Å²) < 4.78 is 7.86. The third-order valence-electron chi connectivity index (χ3n) is 3.34. The highest BCUT2D eigenvalue weighted by Crippen LogP contribution is 2.24. The van der Waals surface area contributed by atoms with Gasteiger partial charge in [-0.25, -0.2) is 4.98 Å². The van der Waals surface area contributed by atoms with E-state index >= 15 is 0 Å². The molecular weight excluding hydrogens is 252 g/mol. The number of aromatic nitrogens is 3. The molecule has 0 spiro atoms. The maximum atomic E-state index is 5.89. The summed E-state index contributed by atoms with van der Waals surface area (Å²) in [6.45, 7) is 10.2. The Bertz CT molecular complexity index is 544. The summed E-state index contributed by atoms with van der Waals surface area (Å²) in [5.41, 5.74) is 2.09. The fraction of sp³-hybridized carbons (Fsp3) is 0.600. The van der Waals surface area contributed by atoms with Crippen LogP contribution in [0.25, 0.3) is 11.5 Å². The molecule has 0 aromatic carbocycles. The lowest BCUT2D eigenvalue weighted by molar-refractivity contribution is 0.420. The quantitative estimate of drug-likeness (QED) is 0.844. The zero-order valence-corrected chi connectivity index (χ0v) is 12.8. The molecule has 0 aliphatic carbocycles.